The zero-order valence-electron chi connectivity index (χ0n) is 18.5. The Morgan fingerprint density at radius 2 is 1.60 bits per heavy atom. The first-order valence-corrected chi connectivity index (χ1v) is 11.9. The lowest BCUT2D eigenvalue weighted by molar-refractivity contribution is -0.138. The van der Waals surface area contributed by atoms with Gasteiger partial charge in [-0.15, -0.1) is 0 Å². The van der Waals surface area contributed by atoms with Crippen molar-refractivity contribution in [1.29, 1.82) is 0 Å². The van der Waals surface area contributed by atoms with Gasteiger partial charge < -0.3 is 14.7 Å². The highest BCUT2D eigenvalue weighted by Crippen LogP contribution is 2.34. The second kappa shape index (κ2) is 9.95. The highest BCUT2D eigenvalue weighted by Gasteiger charge is 2.36. The number of amides is 2. The van der Waals surface area contributed by atoms with Crippen LogP contribution in [0.5, 0.6) is 0 Å². The molecule has 1 aromatic carbocycles. The van der Waals surface area contributed by atoms with Crippen LogP contribution in [0.2, 0.25) is 0 Å². The third-order valence-electron chi connectivity index (χ3n) is 7.61. The molecule has 0 N–H and O–H groups in total. The minimum Gasteiger partial charge on any atom is -0.343 e. The molecule has 5 heteroatoms. The van der Waals surface area contributed by atoms with Crippen LogP contribution in [-0.4, -0.2) is 65.3 Å². The minimum absolute atomic E-state index is 0.206. The van der Waals surface area contributed by atoms with Gasteiger partial charge in [-0.1, -0.05) is 36.8 Å². The Morgan fingerprint density at radius 1 is 0.900 bits per heavy atom. The lowest BCUT2D eigenvalue weighted by Gasteiger charge is -2.43. The molecule has 0 saturated carbocycles. The van der Waals surface area contributed by atoms with Gasteiger partial charge in [-0.2, -0.15) is 0 Å². The third kappa shape index (κ3) is 5.05. The minimum atomic E-state index is 0.206. The molecule has 3 saturated heterocycles. The van der Waals surface area contributed by atoms with E-state index in [-0.39, 0.29) is 11.8 Å². The molecule has 1 aromatic rings. The van der Waals surface area contributed by atoms with Crippen molar-refractivity contribution in [2.75, 3.05) is 32.7 Å². The van der Waals surface area contributed by atoms with E-state index in [1.807, 2.05) is 11.0 Å². The van der Waals surface area contributed by atoms with Crippen LogP contribution in [0.4, 0.5) is 0 Å². The molecule has 3 heterocycles. The van der Waals surface area contributed by atoms with Gasteiger partial charge in [-0.3, -0.25) is 9.59 Å². The number of nitrogens with zero attached hydrogens (tertiary/aromatic N) is 3. The van der Waals surface area contributed by atoms with Crippen molar-refractivity contribution in [1.82, 2.24) is 14.7 Å². The molecule has 0 aromatic heterocycles. The second-order valence-electron chi connectivity index (χ2n) is 9.46. The molecule has 1 atom stereocenters. The van der Waals surface area contributed by atoms with Crippen LogP contribution in [0.25, 0.3) is 0 Å². The van der Waals surface area contributed by atoms with Gasteiger partial charge in [0.2, 0.25) is 11.8 Å². The van der Waals surface area contributed by atoms with Crippen LogP contribution in [0, 0.1) is 11.8 Å². The Labute approximate surface area is 181 Å². The van der Waals surface area contributed by atoms with E-state index >= 15 is 0 Å². The third-order valence-corrected chi connectivity index (χ3v) is 7.61. The highest BCUT2D eigenvalue weighted by atomic mass is 16.2. The molecule has 0 spiro atoms. The van der Waals surface area contributed by atoms with Gasteiger partial charge in [-0.05, 0) is 63.1 Å². The number of carbonyl (C=O) groups excluding carboxylic acids is 2. The molecule has 164 valence electrons. The largest absolute Gasteiger partial charge is 0.343 e. The van der Waals surface area contributed by atoms with E-state index in [0.29, 0.717) is 17.9 Å². The Balaban J connectivity index is 1.31. The summed E-state index contributed by atoms with van der Waals surface area (Å²) in [5.41, 5.74) is 1.23. The van der Waals surface area contributed by atoms with E-state index in [4.69, 9.17) is 0 Å². The molecular weight excluding hydrogens is 374 g/mol. The number of carbonyl (C=O) groups is 2. The van der Waals surface area contributed by atoms with E-state index in [9.17, 15) is 9.59 Å². The van der Waals surface area contributed by atoms with E-state index in [1.54, 1.807) is 6.92 Å². The van der Waals surface area contributed by atoms with E-state index < -0.39 is 0 Å². The number of benzene rings is 1. The lowest BCUT2D eigenvalue weighted by Crippen LogP contribution is -2.49. The predicted octanol–water partition coefficient (Wildman–Crippen LogP) is 3.54. The fourth-order valence-corrected chi connectivity index (χ4v) is 5.77. The number of hydrogen-bond acceptors (Lipinski definition) is 3. The lowest BCUT2D eigenvalue weighted by atomic mass is 9.80. The average molecular weight is 412 g/mol. The molecule has 3 fully saturated rings. The number of hydrogen-bond donors (Lipinski definition) is 0. The SMILES string of the molecule is CC(=O)N1CCC(N2CCC([C@@H]3CCCCN(Cc4ccccc4)C3=O)CC2)CC1. The highest BCUT2D eigenvalue weighted by molar-refractivity contribution is 5.79. The van der Waals surface area contributed by atoms with Crippen LogP contribution >= 0.6 is 0 Å². The molecule has 30 heavy (non-hydrogen) atoms. The van der Waals surface area contributed by atoms with Gasteiger partial charge >= 0.3 is 0 Å². The Bertz CT molecular complexity index is 706. The molecule has 2 amide bonds. The molecule has 4 rings (SSSR count). The van der Waals surface area contributed by atoms with Crippen molar-refractivity contribution >= 4 is 11.8 Å². The molecular formula is C25H37N3O2. The van der Waals surface area contributed by atoms with Gasteiger partial charge in [0.1, 0.15) is 0 Å². The maximum Gasteiger partial charge on any atom is 0.226 e. The maximum absolute atomic E-state index is 13.4. The Morgan fingerprint density at radius 3 is 2.27 bits per heavy atom. The van der Waals surface area contributed by atoms with Gasteiger partial charge in [0, 0.05) is 45.1 Å². The van der Waals surface area contributed by atoms with Crippen molar-refractivity contribution in [2.45, 2.75) is 64.5 Å². The molecule has 0 radical (unpaired) electrons. The topological polar surface area (TPSA) is 43.9 Å². The number of piperidine rings is 2. The fourth-order valence-electron chi connectivity index (χ4n) is 5.77. The molecule has 0 unspecified atom stereocenters. The van der Waals surface area contributed by atoms with Crippen LogP contribution in [0.3, 0.4) is 0 Å². The van der Waals surface area contributed by atoms with Crippen molar-refractivity contribution in [3.8, 4) is 0 Å². The van der Waals surface area contributed by atoms with Crippen molar-refractivity contribution in [2.24, 2.45) is 11.8 Å². The van der Waals surface area contributed by atoms with Crippen molar-refractivity contribution < 1.29 is 9.59 Å². The zero-order valence-corrected chi connectivity index (χ0v) is 18.5. The van der Waals surface area contributed by atoms with Crippen LogP contribution in [0.1, 0.15) is 57.4 Å². The number of likely N-dealkylation sites (tertiary alicyclic amines) is 3. The normalized spacial score (nSPS) is 25.4. The molecule has 5 nitrogen and oxygen atoms in total. The van der Waals surface area contributed by atoms with E-state index in [1.165, 1.54) is 12.0 Å². The quantitative estimate of drug-likeness (QED) is 0.761. The van der Waals surface area contributed by atoms with Gasteiger partial charge in [0.05, 0.1) is 0 Å². The average Bonchev–Trinajstić information content (AvgIpc) is 2.96. The molecule has 0 aliphatic carbocycles. The standard InChI is InChI=1S/C25H37N3O2/c1-20(29)26-17-12-23(13-18-26)27-15-10-22(11-16-27)24-9-5-6-14-28(25(24)30)19-21-7-3-2-4-8-21/h2-4,7-8,22-24H,5-6,9-19H2,1H3/t24-/m0/s1. The summed E-state index contributed by atoms with van der Waals surface area (Å²) in [5, 5.41) is 0. The number of rotatable bonds is 4. The second-order valence-corrected chi connectivity index (χ2v) is 9.46. The van der Waals surface area contributed by atoms with E-state index in [2.05, 4.69) is 34.1 Å². The first-order valence-electron chi connectivity index (χ1n) is 11.9. The molecule has 3 aliphatic rings. The first kappa shape index (κ1) is 21.4. The molecule has 3 aliphatic heterocycles. The zero-order chi connectivity index (χ0) is 20.9. The van der Waals surface area contributed by atoms with Crippen LogP contribution in [-0.2, 0) is 16.1 Å². The summed E-state index contributed by atoms with van der Waals surface area (Å²) < 4.78 is 0. The monoisotopic (exact) mass is 411 g/mol. The van der Waals surface area contributed by atoms with Crippen molar-refractivity contribution in [3.05, 3.63) is 35.9 Å². The Hall–Kier alpha value is -1.88. The van der Waals surface area contributed by atoms with E-state index in [0.717, 1.165) is 77.8 Å². The van der Waals surface area contributed by atoms with Gasteiger partial charge in [0.15, 0.2) is 0 Å². The smallest absolute Gasteiger partial charge is 0.226 e. The van der Waals surface area contributed by atoms with Crippen molar-refractivity contribution in [3.63, 3.8) is 0 Å². The predicted molar refractivity (Wildman–Crippen MR) is 119 cm³/mol. The summed E-state index contributed by atoms with van der Waals surface area (Å²) in [4.78, 5) is 31.7. The summed E-state index contributed by atoms with van der Waals surface area (Å²) in [6, 6.07) is 11.0. The summed E-state index contributed by atoms with van der Waals surface area (Å²) >= 11 is 0. The summed E-state index contributed by atoms with van der Waals surface area (Å²) in [5.74, 6) is 1.34. The first-order chi connectivity index (χ1) is 14.6. The maximum atomic E-state index is 13.4. The van der Waals surface area contributed by atoms with Crippen LogP contribution < -0.4 is 0 Å². The molecule has 0 bridgehead atoms. The van der Waals surface area contributed by atoms with Crippen LogP contribution in [0.15, 0.2) is 30.3 Å². The fraction of sp³-hybridized carbons (Fsp3) is 0.680. The van der Waals surface area contributed by atoms with Gasteiger partial charge in [-0.25, -0.2) is 0 Å². The summed E-state index contributed by atoms with van der Waals surface area (Å²) in [6.45, 7) is 7.35. The summed E-state index contributed by atoms with van der Waals surface area (Å²) in [6.07, 6.45) is 7.83. The Kier molecular flexibility index (Phi) is 7.08. The van der Waals surface area contributed by atoms with Gasteiger partial charge in [0.25, 0.3) is 0 Å². The summed E-state index contributed by atoms with van der Waals surface area (Å²) in [7, 11) is 0.